The van der Waals surface area contributed by atoms with Crippen LogP contribution in [0.2, 0.25) is 0 Å². The number of nitrogens with zero attached hydrogens (tertiary/aromatic N) is 3. The summed E-state index contributed by atoms with van der Waals surface area (Å²) >= 11 is 0. The van der Waals surface area contributed by atoms with E-state index in [1.54, 1.807) is 11.7 Å². The average Bonchev–Trinajstić information content (AvgIpc) is 3.01. The number of carbonyl (C=O) groups is 1. The number of rotatable bonds is 6. The highest BCUT2D eigenvalue weighted by Crippen LogP contribution is 2.23. The van der Waals surface area contributed by atoms with Gasteiger partial charge in [0.05, 0.1) is 0 Å². The number of nitrogens with one attached hydrogen (secondary N) is 2. The minimum Gasteiger partial charge on any atom is -0.483 e. The van der Waals surface area contributed by atoms with Gasteiger partial charge in [-0.2, -0.15) is 10.1 Å². The summed E-state index contributed by atoms with van der Waals surface area (Å²) in [4.78, 5) is 16.7. The molecule has 25 heavy (non-hydrogen) atoms. The molecule has 0 atom stereocenters. The molecule has 0 radical (unpaired) electrons. The third kappa shape index (κ3) is 4.36. The molecule has 1 saturated heterocycles. The van der Waals surface area contributed by atoms with E-state index in [1.165, 1.54) is 0 Å². The van der Waals surface area contributed by atoms with Crippen LogP contribution in [0.4, 0.5) is 5.95 Å². The molecule has 1 fully saturated rings. The zero-order valence-electron chi connectivity index (χ0n) is 14.8. The predicted molar refractivity (Wildman–Crippen MR) is 95.8 cm³/mol. The number of aromatic nitrogens is 3. The lowest BCUT2D eigenvalue weighted by Crippen LogP contribution is -2.27. The Kier molecular flexibility index (Phi) is 5.65. The maximum atomic E-state index is 12.2. The first-order valence-electron chi connectivity index (χ1n) is 8.79. The third-order valence-corrected chi connectivity index (χ3v) is 4.45. The van der Waals surface area contributed by atoms with Crippen LogP contribution in [0.3, 0.4) is 0 Å². The number of piperidine rings is 1. The smallest absolute Gasteiger partial charge is 0.264 e. The molecule has 1 aliphatic rings. The normalized spacial score (nSPS) is 15.1. The van der Waals surface area contributed by atoms with Crippen molar-refractivity contribution in [2.75, 3.05) is 25.0 Å². The van der Waals surface area contributed by atoms with Crippen LogP contribution in [0.5, 0.6) is 5.75 Å². The van der Waals surface area contributed by atoms with Gasteiger partial charge in [-0.3, -0.25) is 10.1 Å². The lowest BCUT2D eigenvalue weighted by Gasteiger charge is -2.19. The van der Waals surface area contributed by atoms with Gasteiger partial charge in [-0.25, -0.2) is 4.68 Å². The van der Waals surface area contributed by atoms with Gasteiger partial charge >= 0.3 is 0 Å². The summed E-state index contributed by atoms with van der Waals surface area (Å²) in [5.41, 5.74) is 1.09. The van der Waals surface area contributed by atoms with E-state index >= 15 is 0 Å². The molecule has 3 rings (SSSR count). The van der Waals surface area contributed by atoms with Crippen LogP contribution in [-0.4, -0.2) is 40.4 Å². The maximum absolute atomic E-state index is 12.2. The van der Waals surface area contributed by atoms with Crippen molar-refractivity contribution in [1.82, 2.24) is 20.1 Å². The van der Waals surface area contributed by atoms with Crippen LogP contribution in [0.15, 0.2) is 24.3 Å². The second kappa shape index (κ2) is 8.11. The first kappa shape index (κ1) is 17.4. The maximum Gasteiger partial charge on any atom is 0.264 e. The number of aryl methyl sites for hydroxylation is 2. The van der Waals surface area contributed by atoms with Gasteiger partial charge in [-0.05, 0) is 44.0 Å². The van der Waals surface area contributed by atoms with Crippen LogP contribution in [-0.2, 0) is 18.3 Å². The van der Waals surface area contributed by atoms with Crippen molar-refractivity contribution in [3.63, 3.8) is 0 Å². The number of amides is 1. The fourth-order valence-corrected chi connectivity index (χ4v) is 3.01. The Morgan fingerprint density at radius 2 is 2.12 bits per heavy atom. The number of anilines is 1. The summed E-state index contributed by atoms with van der Waals surface area (Å²) in [6.07, 6.45) is 2.91. The van der Waals surface area contributed by atoms with E-state index in [1.807, 2.05) is 24.3 Å². The number of benzene rings is 1. The molecule has 1 amide bonds. The van der Waals surface area contributed by atoms with Crippen molar-refractivity contribution in [2.45, 2.75) is 32.1 Å². The zero-order valence-corrected chi connectivity index (χ0v) is 14.8. The zero-order chi connectivity index (χ0) is 17.6. The Balaban J connectivity index is 1.58. The van der Waals surface area contributed by atoms with Gasteiger partial charge in [0.25, 0.3) is 5.91 Å². The second-order valence-corrected chi connectivity index (χ2v) is 6.24. The van der Waals surface area contributed by atoms with E-state index in [4.69, 9.17) is 4.74 Å². The van der Waals surface area contributed by atoms with E-state index in [2.05, 4.69) is 27.6 Å². The monoisotopic (exact) mass is 343 g/mol. The SMILES string of the molecule is CCc1ccccc1OCC(=O)Nc1nc(C2CCNCC2)nn1C. The van der Waals surface area contributed by atoms with Crippen LogP contribution in [0.25, 0.3) is 0 Å². The molecule has 0 unspecified atom stereocenters. The molecule has 0 bridgehead atoms. The summed E-state index contributed by atoms with van der Waals surface area (Å²) in [7, 11) is 1.79. The Bertz CT molecular complexity index is 722. The molecular weight excluding hydrogens is 318 g/mol. The predicted octanol–water partition coefficient (Wildman–Crippen LogP) is 1.86. The number of para-hydroxylation sites is 1. The Labute approximate surface area is 147 Å². The fourth-order valence-electron chi connectivity index (χ4n) is 3.01. The molecule has 1 aromatic heterocycles. The van der Waals surface area contributed by atoms with E-state index in [0.717, 1.165) is 49.5 Å². The second-order valence-electron chi connectivity index (χ2n) is 6.24. The molecule has 0 spiro atoms. The quantitative estimate of drug-likeness (QED) is 0.837. The first-order chi connectivity index (χ1) is 12.2. The molecule has 0 saturated carbocycles. The largest absolute Gasteiger partial charge is 0.483 e. The molecule has 134 valence electrons. The van der Waals surface area contributed by atoms with E-state index < -0.39 is 0 Å². The number of ether oxygens (including phenoxy) is 1. The van der Waals surface area contributed by atoms with Gasteiger partial charge in [0.1, 0.15) is 5.75 Å². The molecule has 1 aromatic carbocycles. The topological polar surface area (TPSA) is 81.1 Å². The van der Waals surface area contributed by atoms with Gasteiger partial charge in [-0.1, -0.05) is 25.1 Å². The van der Waals surface area contributed by atoms with E-state index in [9.17, 15) is 4.79 Å². The van der Waals surface area contributed by atoms with Gasteiger partial charge < -0.3 is 10.1 Å². The molecule has 2 N–H and O–H groups in total. The van der Waals surface area contributed by atoms with Crippen molar-refractivity contribution >= 4 is 11.9 Å². The lowest BCUT2D eigenvalue weighted by molar-refractivity contribution is -0.118. The van der Waals surface area contributed by atoms with Crippen LogP contribution in [0, 0.1) is 0 Å². The van der Waals surface area contributed by atoms with Gasteiger partial charge in [0.2, 0.25) is 5.95 Å². The van der Waals surface area contributed by atoms with E-state index in [0.29, 0.717) is 11.9 Å². The Morgan fingerprint density at radius 3 is 2.88 bits per heavy atom. The number of hydrogen-bond acceptors (Lipinski definition) is 5. The molecular formula is C18H25N5O2. The Morgan fingerprint density at radius 1 is 1.36 bits per heavy atom. The number of carbonyl (C=O) groups excluding carboxylic acids is 1. The summed E-state index contributed by atoms with van der Waals surface area (Å²) in [5.74, 6) is 2.13. The van der Waals surface area contributed by atoms with Gasteiger partial charge in [0, 0.05) is 13.0 Å². The highest BCUT2D eigenvalue weighted by molar-refractivity contribution is 5.90. The molecule has 2 heterocycles. The fraction of sp³-hybridized carbons (Fsp3) is 0.500. The highest BCUT2D eigenvalue weighted by Gasteiger charge is 2.21. The first-order valence-corrected chi connectivity index (χ1v) is 8.79. The van der Waals surface area contributed by atoms with Crippen molar-refractivity contribution in [3.8, 4) is 5.75 Å². The summed E-state index contributed by atoms with van der Waals surface area (Å²) < 4.78 is 7.27. The molecule has 7 nitrogen and oxygen atoms in total. The molecule has 7 heteroatoms. The molecule has 1 aliphatic heterocycles. The summed E-state index contributed by atoms with van der Waals surface area (Å²) in [6, 6.07) is 7.75. The third-order valence-electron chi connectivity index (χ3n) is 4.45. The van der Waals surface area contributed by atoms with E-state index in [-0.39, 0.29) is 12.5 Å². The minimum absolute atomic E-state index is 0.0491. The van der Waals surface area contributed by atoms with Crippen molar-refractivity contribution < 1.29 is 9.53 Å². The van der Waals surface area contributed by atoms with Crippen molar-refractivity contribution in [1.29, 1.82) is 0 Å². The van der Waals surface area contributed by atoms with Gasteiger partial charge in [0.15, 0.2) is 12.4 Å². The lowest BCUT2D eigenvalue weighted by atomic mass is 9.98. The molecule has 2 aromatic rings. The van der Waals surface area contributed by atoms with Crippen molar-refractivity contribution in [2.24, 2.45) is 7.05 Å². The Hall–Kier alpha value is -2.41. The summed E-state index contributed by atoms with van der Waals surface area (Å²) in [5, 5.41) is 10.6. The minimum atomic E-state index is -0.238. The van der Waals surface area contributed by atoms with Crippen LogP contribution < -0.4 is 15.4 Å². The molecule has 0 aliphatic carbocycles. The van der Waals surface area contributed by atoms with Crippen LogP contribution >= 0.6 is 0 Å². The average molecular weight is 343 g/mol. The number of hydrogen-bond donors (Lipinski definition) is 2. The van der Waals surface area contributed by atoms with Crippen molar-refractivity contribution in [3.05, 3.63) is 35.7 Å². The van der Waals surface area contributed by atoms with Gasteiger partial charge in [-0.15, -0.1) is 0 Å². The van der Waals surface area contributed by atoms with Crippen LogP contribution in [0.1, 0.15) is 37.1 Å². The summed E-state index contributed by atoms with van der Waals surface area (Å²) in [6.45, 7) is 3.97. The standard InChI is InChI=1S/C18H25N5O2/c1-3-13-6-4-5-7-15(13)25-12-16(24)20-18-21-17(22-23(18)2)14-8-10-19-11-9-14/h4-7,14,19H,3,8-12H2,1-2H3,(H,20,21,22,24). The highest BCUT2D eigenvalue weighted by atomic mass is 16.5.